The highest BCUT2D eigenvalue weighted by Crippen LogP contribution is 2.45. The Kier molecular flexibility index (Phi) is 4.09. The molecule has 3 N–H and O–H groups in total. The second kappa shape index (κ2) is 6.02. The molecule has 0 amide bonds. The van der Waals surface area contributed by atoms with Gasteiger partial charge in [0.1, 0.15) is 17.3 Å². The molecule has 1 aromatic rings. The van der Waals surface area contributed by atoms with E-state index in [4.69, 9.17) is 9.47 Å². The summed E-state index contributed by atoms with van der Waals surface area (Å²) in [6.45, 7) is 0.926. The predicted octanol–water partition coefficient (Wildman–Crippen LogP) is 3.24. The molecule has 0 spiro atoms. The zero-order valence-corrected chi connectivity index (χ0v) is 12.3. The Hall–Kier alpha value is -1.98. The summed E-state index contributed by atoms with van der Waals surface area (Å²) in [4.78, 5) is 0. The van der Waals surface area contributed by atoms with Gasteiger partial charge in [-0.15, -0.1) is 0 Å². The molecule has 0 saturated carbocycles. The number of benzene rings is 1. The standard InChI is InChI=1S/C17H20O5/c18-12-7-8-14(16(20)11-12)17(21-9-3-4-10-22-17)13-5-1-2-6-15(13)19/h5-8,11,18-20H,1-4,9-10H2. The first-order valence-corrected chi connectivity index (χ1v) is 7.54. The third-order valence-corrected chi connectivity index (χ3v) is 3.97. The predicted molar refractivity (Wildman–Crippen MR) is 80.6 cm³/mol. The Morgan fingerprint density at radius 1 is 0.909 bits per heavy atom. The van der Waals surface area contributed by atoms with Crippen LogP contribution in [0.5, 0.6) is 11.5 Å². The lowest BCUT2D eigenvalue weighted by Crippen LogP contribution is -2.36. The molecule has 5 nitrogen and oxygen atoms in total. The first-order valence-electron chi connectivity index (χ1n) is 7.54. The van der Waals surface area contributed by atoms with Gasteiger partial charge in [-0.2, -0.15) is 0 Å². The summed E-state index contributed by atoms with van der Waals surface area (Å²) in [6, 6.07) is 4.29. The maximum atomic E-state index is 10.3. The van der Waals surface area contributed by atoms with Gasteiger partial charge in [0, 0.05) is 6.07 Å². The van der Waals surface area contributed by atoms with Gasteiger partial charge < -0.3 is 24.8 Å². The fraction of sp³-hybridized carbons (Fsp3) is 0.412. The van der Waals surface area contributed by atoms with E-state index in [1.54, 1.807) is 12.1 Å². The third-order valence-electron chi connectivity index (χ3n) is 3.97. The Morgan fingerprint density at radius 2 is 1.59 bits per heavy atom. The Balaban J connectivity index is 2.14. The molecule has 22 heavy (non-hydrogen) atoms. The zero-order valence-electron chi connectivity index (χ0n) is 12.3. The third kappa shape index (κ3) is 2.58. The number of aliphatic hydroxyl groups excluding tert-OH is 1. The molecule has 1 heterocycles. The van der Waals surface area contributed by atoms with Crippen molar-refractivity contribution in [1.82, 2.24) is 0 Å². The van der Waals surface area contributed by atoms with Gasteiger partial charge in [0.2, 0.25) is 5.79 Å². The first kappa shape index (κ1) is 14.9. The van der Waals surface area contributed by atoms with Gasteiger partial charge in [0.15, 0.2) is 0 Å². The number of hydrogen-bond donors (Lipinski definition) is 3. The van der Waals surface area contributed by atoms with E-state index < -0.39 is 5.79 Å². The molecule has 1 aliphatic heterocycles. The molecule has 118 valence electrons. The molecule has 2 aliphatic rings. The molecule has 1 fully saturated rings. The summed E-state index contributed by atoms with van der Waals surface area (Å²) in [5, 5.41) is 30.1. The van der Waals surface area contributed by atoms with E-state index in [1.165, 1.54) is 12.1 Å². The molecule has 5 heteroatoms. The van der Waals surface area contributed by atoms with Crippen LogP contribution < -0.4 is 0 Å². The smallest absolute Gasteiger partial charge is 0.229 e. The van der Waals surface area contributed by atoms with Crippen LogP contribution in [-0.4, -0.2) is 28.5 Å². The van der Waals surface area contributed by atoms with Crippen molar-refractivity contribution in [2.24, 2.45) is 0 Å². The number of phenols is 2. The van der Waals surface area contributed by atoms with Crippen LogP contribution >= 0.6 is 0 Å². The number of ether oxygens (including phenoxy) is 2. The van der Waals surface area contributed by atoms with Crippen LogP contribution in [0.25, 0.3) is 0 Å². The van der Waals surface area contributed by atoms with E-state index in [1.807, 2.05) is 6.08 Å². The lowest BCUT2D eigenvalue weighted by molar-refractivity contribution is -0.208. The minimum absolute atomic E-state index is 0.0394. The Labute approximate surface area is 129 Å². The van der Waals surface area contributed by atoms with Crippen molar-refractivity contribution >= 4 is 0 Å². The summed E-state index contributed by atoms with van der Waals surface area (Å²) in [6.07, 6.45) is 6.83. The van der Waals surface area contributed by atoms with Gasteiger partial charge in [0.25, 0.3) is 0 Å². The van der Waals surface area contributed by atoms with E-state index in [0.717, 1.165) is 25.7 Å². The highest BCUT2D eigenvalue weighted by atomic mass is 16.7. The summed E-state index contributed by atoms with van der Waals surface area (Å²) >= 11 is 0. The SMILES string of the molecule is OC1=CCCC=C1C1(c2ccc(O)cc2O)OCCCCO1. The number of phenolic OH excluding ortho intramolecular Hbond substituents is 2. The van der Waals surface area contributed by atoms with Gasteiger partial charge in [-0.3, -0.25) is 0 Å². The van der Waals surface area contributed by atoms with Crippen LogP contribution in [0, 0.1) is 0 Å². The van der Waals surface area contributed by atoms with Gasteiger partial charge in [-0.1, -0.05) is 6.08 Å². The maximum Gasteiger partial charge on any atom is 0.229 e. The molecule has 0 atom stereocenters. The average molecular weight is 304 g/mol. The molecule has 0 radical (unpaired) electrons. The number of aromatic hydroxyl groups is 2. The largest absolute Gasteiger partial charge is 0.508 e. The fourth-order valence-corrected chi connectivity index (χ4v) is 2.90. The second-order valence-electron chi connectivity index (χ2n) is 5.51. The van der Waals surface area contributed by atoms with E-state index in [0.29, 0.717) is 24.4 Å². The van der Waals surface area contributed by atoms with Crippen molar-refractivity contribution < 1.29 is 24.8 Å². The highest BCUT2D eigenvalue weighted by molar-refractivity contribution is 5.49. The van der Waals surface area contributed by atoms with Gasteiger partial charge in [-0.05, 0) is 43.9 Å². The maximum absolute atomic E-state index is 10.3. The van der Waals surface area contributed by atoms with E-state index in [9.17, 15) is 15.3 Å². The van der Waals surface area contributed by atoms with Gasteiger partial charge in [-0.25, -0.2) is 0 Å². The normalized spacial score (nSPS) is 21.6. The van der Waals surface area contributed by atoms with Crippen molar-refractivity contribution in [2.45, 2.75) is 31.5 Å². The minimum atomic E-state index is -1.34. The van der Waals surface area contributed by atoms with Crippen LogP contribution in [0.2, 0.25) is 0 Å². The molecule has 1 saturated heterocycles. The van der Waals surface area contributed by atoms with Crippen molar-refractivity contribution in [2.75, 3.05) is 13.2 Å². The minimum Gasteiger partial charge on any atom is -0.508 e. The van der Waals surface area contributed by atoms with Crippen molar-refractivity contribution in [3.8, 4) is 11.5 Å². The number of rotatable bonds is 2. The zero-order chi connectivity index (χ0) is 15.6. The lowest BCUT2D eigenvalue weighted by Gasteiger charge is -2.36. The van der Waals surface area contributed by atoms with Crippen LogP contribution in [0.4, 0.5) is 0 Å². The molecule has 1 aliphatic carbocycles. The monoisotopic (exact) mass is 304 g/mol. The van der Waals surface area contributed by atoms with Gasteiger partial charge >= 0.3 is 0 Å². The summed E-state index contributed by atoms with van der Waals surface area (Å²) in [5.41, 5.74) is 0.905. The van der Waals surface area contributed by atoms with Crippen molar-refractivity contribution in [3.05, 3.63) is 47.2 Å². The Bertz CT molecular complexity index is 609. The van der Waals surface area contributed by atoms with Crippen LogP contribution in [-0.2, 0) is 15.3 Å². The van der Waals surface area contributed by atoms with E-state index in [2.05, 4.69) is 0 Å². The lowest BCUT2D eigenvalue weighted by atomic mass is 9.90. The molecule has 1 aromatic carbocycles. The second-order valence-corrected chi connectivity index (χ2v) is 5.51. The topological polar surface area (TPSA) is 79.2 Å². The molecular formula is C17H20O5. The quantitative estimate of drug-likeness (QED) is 0.781. The summed E-state index contributed by atoms with van der Waals surface area (Å²) in [5.74, 6) is -1.39. The number of hydrogen-bond acceptors (Lipinski definition) is 5. The first-order chi connectivity index (χ1) is 10.6. The summed E-state index contributed by atoms with van der Waals surface area (Å²) < 4.78 is 11.9. The van der Waals surface area contributed by atoms with E-state index >= 15 is 0 Å². The number of aliphatic hydroxyl groups is 1. The molecule has 0 bridgehead atoms. The summed E-state index contributed by atoms with van der Waals surface area (Å²) in [7, 11) is 0. The van der Waals surface area contributed by atoms with Crippen LogP contribution in [0.15, 0.2) is 41.7 Å². The molecular weight excluding hydrogens is 284 g/mol. The van der Waals surface area contributed by atoms with Crippen molar-refractivity contribution in [3.63, 3.8) is 0 Å². The molecule has 3 rings (SSSR count). The van der Waals surface area contributed by atoms with Crippen molar-refractivity contribution in [1.29, 1.82) is 0 Å². The molecule has 0 aromatic heterocycles. The fourth-order valence-electron chi connectivity index (χ4n) is 2.90. The number of allylic oxidation sites excluding steroid dienone is 2. The Morgan fingerprint density at radius 3 is 2.23 bits per heavy atom. The van der Waals surface area contributed by atoms with Crippen LogP contribution in [0.1, 0.15) is 31.2 Å². The molecule has 0 unspecified atom stereocenters. The highest BCUT2D eigenvalue weighted by Gasteiger charge is 2.44. The van der Waals surface area contributed by atoms with Gasteiger partial charge in [0.05, 0.1) is 24.4 Å². The van der Waals surface area contributed by atoms with Crippen LogP contribution in [0.3, 0.4) is 0 Å². The average Bonchev–Trinajstić information content (AvgIpc) is 2.74. The van der Waals surface area contributed by atoms with E-state index in [-0.39, 0.29) is 17.3 Å².